The fourth-order valence-electron chi connectivity index (χ4n) is 2.09. The molecule has 21 heavy (non-hydrogen) atoms. The van der Waals surface area contributed by atoms with Gasteiger partial charge in [0.15, 0.2) is 0 Å². The van der Waals surface area contributed by atoms with Crippen molar-refractivity contribution in [1.29, 1.82) is 0 Å². The van der Waals surface area contributed by atoms with Crippen LogP contribution >= 0.6 is 0 Å². The van der Waals surface area contributed by atoms with Crippen LogP contribution in [-0.4, -0.2) is 36.6 Å². The van der Waals surface area contributed by atoms with Gasteiger partial charge in [0.1, 0.15) is 0 Å². The second kappa shape index (κ2) is 9.10. The van der Waals surface area contributed by atoms with E-state index in [1.165, 1.54) is 0 Å². The number of hydrogen-bond acceptors (Lipinski definition) is 2. The van der Waals surface area contributed by atoms with Crippen LogP contribution in [0.15, 0.2) is 0 Å². The maximum atomic E-state index is 12.4. The molecule has 0 aromatic carbocycles. The summed E-state index contributed by atoms with van der Waals surface area (Å²) < 4.78 is 5.93. The quantitative estimate of drug-likeness (QED) is 0.636. The van der Waals surface area contributed by atoms with Gasteiger partial charge in [-0.05, 0) is 26.7 Å². The zero-order valence-electron chi connectivity index (χ0n) is 15.0. The van der Waals surface area contributed by atoms with E-state index in [-0.39, 0.29) is 16.9 Å². The number of ether oxygens (including phenoxy) is 1. The van der Waals surface area contributed by atoms with E-state index in [2.05, 4.69) is 32.6 Å². The fraction of sp³-hybridized carbons (Fsp3) is 0.833. The van der Waals surface area contributed by atoms with Crippen LogP contribution in [0.5, 0.6) is 0 Å². The predicted molar refractivity (Wildman–Crippen MR) is 89.0 cm³/mol. The van der Waals surface area contributed by atoms with E-state index in [0.29, 0.717) is 6.61 Å². The number of rotatable bonds is 8. The predicted octanol–water partition coefficient (Wildman–Crippen LogP) is 3.87. The SMILES string of the molecule is CCC#CCC(C)(C)OCCC(C)(C)C(=O)N(C)CCC. The van der Waals surface area contributed by atoms with E-state index in [9.17, 15) is 4.79 Å². The van der Waals surface area contributed by atoms with Gasteiger partial charge in [-0.3, -0.25) is 4.79 Å². The van der Waals surface area contributed by atoms with E-state index in [1.54, 1.807) is 0 Å². The average Bonchev–Trinajstić information content (AvgIpc) is 2.37. The number of hydrogen-bond donors (Lipinski definition) is 0. The summed E-state index contributed by atoms with van der Waals surface area (Å²) >= 11 is 0. The molecule has 0 atom stereocenters. The summed E-state index contributed by atoms with van der Waals surface area (Å²) in [6.07, 6.45) is 3.31. The standard InChI is InChI=1S/C18H33NO2/c1-8-10-11-12-18(5,6)21-15-13-17(3,4)16(20)19(7)14-9-2/h8-9,12-15H2,1-7H3. The van der Waals surface area contributed by atoms with Crippen molar-refractivity contribution in [3.05, 3.63) is 0 Å². The fourth-order valence-corrected chi connectivity index (χ4v) is 2.09. The molecule has 0 aliphatic carbocycles. The first-order valence-electron chi connectivity index (χ1n) is 8.01. The van der Waals surface area contributed by atoms with Gasteiger partial charge < -0.3 is 9.64 Å². The lowest BCUT2D eigenvalue weighted by atomic mass is 9.88. The van der Waals surface area contributed by atoms with Crippen LogP contribution in [0, 0.1) is 17.3 Å². The minimum absolute atomic E-state index is 0.191. The Labute approximate surface area is 131 Å². The molecule has 0 N–H and O–H groups in total. The molecule has 0 saturated carbocycles. The summed E-state index contributed by atoms with van der Waals surface area (Å²) in [6, 6.07) is 0. The van der Waals surface area contributed by atoms with E-state index >= 15 is 0 Å². The molecule has 0 bridgehead atoms. The molecule has 0 unspecified atom stereocenters. The summed E-state index contributed by atoms with van der Waals surface area (Å²) in [4.78, 5) is 14.2. The van der Waals surface area contributed by atoms with Crippen LogP contribution < -0.4 is 0 Å². The Morgan fingerprint density at radius 3 is 2.29 bits per heavy atom. The maximum absolute atomic E-state index is 12.4. The number of carbonyl (C=O) groups excluding carboxylic acids is 1. The number of carbonyl (C=O) groups is 1. The Balaban J connectivity index is 4.33. The highest BCUT2D eigenvalue weighted by molar-refractivity contribution is 5.81. The highest BCUT2D eigenvalue weighted by Gasteiger charge is 2.30. The van der Waals surface area contributed by atoms with Gasteiger partial charge in [-0.1, -0.05) is 27.7 Å². The Bertz CT molecular complexity index is 374. The van der Waals surface area contributed by atoms with Crippen LogP contribution in [-0.2, 0) is 9.53 Å². The highest BCUT2D eigenvalue weighted by atomic mass is 16.5. The second-order valence-corrected chi connectivity index (χ2v) is 6.85. The molecule has 0 aliphatic rings. The summed E-state index contributed by atoms with van der Waals surface area (Å²) in [6.45, 7) is 13.6. The van der Waals surface area contributed by atoms with Gasteiger partial charge >= 0.3 is 0 Å². The first-order chi connectivity index (χ1) is 9.66. The third-order valence-corrected chi connectivity index (χ3v) is 3.52. The lowest BCUT2D eigenvalue weighted by molar-refractivity contribution is -0.141. The molecule has 0 fully saturated rings. The van der Waals surface area contributed by atoms with Crippen molar-refractivity contribution in [2.45, 2.75) is 72.8 Å². The van der Waals surface area contributed by atoms with Crippen molar-refractivity contribution < 1.29 is 9.53 Å². The average molecular weight is 295 g/mol. The van der Waals surface area contributed by atoms with E-state index in [0.717, 1.165) is 32.2 Å². The van der Waals surface area contributed by atoms with Gasteiger partial charge in [0.2, 0.25) is 5.91 Å². The molecule has 3 heteroatoms. The molecular weight excluding hydrogens is 262 g/mol. The van der Waals surface area contributed by atoms with E-state index < -0.39 is 0 Å². The van der Waals surface area contributed by atoms with Crippen LogP contribution in [0.2, 0.25) is 0 Å². The Kier molecular flexibility index (Phi) is 8.66. The zero-order valence-corrected chi connectivity index (χ0v) is 15.0. The zero-order chi connectivity index (χ0) is 16.5. The Morgan fingerprint density at radius 1 is 1.14 bits per heavy atom. The first kappa shape index (κ1) is 20.0. The monoisotopic (exact) mass is 295 g/mol. The molecule has 3 nitrogen and oxygen atoms in total. The van der Waals surface area contributed by atoms with Crippen molar-refractivity contribution in [3.8, 4) is 11.8 Å². The topological polar surface area (TPSA) is 29.5 Å². The highest BCUT2D eigenvalue weighted by Crippen LogP contribution is 2.25. The lowest BCUT2D eigenvalue weighted by Gasteiger charge is -2.31. The minimum atomic E-state index is -0.380. The molecule has 122 valence electrons. The Morgan fingerprint density at radius 2 is 1.76 bits per heavy atom. The third-order valence-electron chi connectivity index (χ3n) is 3.52. The molecular formula is C18H33NO2. The summed E-state index contributed by atoms with van der Waals surface area (Å²) in [5.74, 6) is 6.39. The summed E-state index contributed by atoms with van der Waals surface area (Å²) in [7, 11) is 1.87. The molecule has 0 saturated heterocycles. The van der Waals surface area contributed by atoms with E-state index in [4.69, 9.17) is 4.74 Å². The van der Waals surface area contributed by atoms with Gasteiger partial charge in [-0.15, -0.1) is 11.8 Å². The van der Waals surface area contributed by atoms with Gasteiger partial charge in [0.05, 0.1) is 5.60 Å². The molecule has 0 heterocycles. The molecule has 0 aromatic rings. The molecule has 0 aliphatic heterocycles. The van der Waals surface area contributed by atoms with Crippen LogP contribution in [0.1, 0.15) is 67.2 Å². The van der Waals surface area contributed by atoms with Crippen molar-refractivity contribution in [1.82, 2.24) is 4.90 Å². The van der Waals surface area contributed by atoms with Gasteiger partial charge in [-0.25, -0.2) is 0 Å². The third kappa shape index (κ3) is 8.12. The van der Waals surface area contributed by atoms with Crippen molar-refractivity contribution in [2.75, 3.05) is 20.2 Å². The van der Waals surface area contributed by atoms with Crippen LogP contribution in [0.3, 0.4) is 0 Å². The first-order valence-corrected chi connectivity index (χ1v) is 8.01. The summed E-state index contributed by atoms with van der Waals surface area (Å²) in [5.41, 5.74) is -0.633. The number of amides is 1. The van der Waals surface area contributed by atoms with Gasteiger partial charge in [0.25, 0.3) is 0 Å². The van der Waals surface area contributed by atoms with Crippen LogP contribution in [0.4, 0.5) is 0 Å². The molecule has 0 aromatic heterocycles. The van der Waals surface area contributed by atoms with Gasteiger partial charge in [0, 0.05) is 38.5 Å². The Hall–Kier alpha value is -1.01. The molecule has 0 radical (unpaired) electrons. The lowest BCUT2D eigenvalue weighted by Crippen LogP contribution is -2.40. The van der Waals surface area contributed by atoms with Crippen molar-refractivity contribution in [3.63, 3.8) is 0 Å². The molecule has 1 amide bonds. The van der Waals surface area contributed by atoms with Gasteiger partial charge in [-0.2, -0.15) is 0 Å². The second-order valence-electron chi connectivity index (χ2n) is 6.85. The maximum Gasteiger partial charge on any atom is 0.228 e. The number of nitrogens with zero attached hydrogens (tertiary/aromatic N) is 1. The largest absolute Gasteiger partial charge is 0.375 e. The smallest absolute Gasteiger partial charge is 0.228 e. The van der Waals surface area contributed by atoms with Crippen molar-refractivity contribution >= 4 is 5.91 Å². The normalized spacial score (nSPS) is 11.8. The molecule has 0 spiro atoms. The van der Waals surface area contributed by atoms with E-state index in [1.807, 2.05) is 32.7 Å². The molecule has 0 rings (SSSR count). The van der Waals surface area contributed by atoms with Crippen LogP contribution in [0.25, 0.3) is 0 Å². The summed E-state index contributed by atoms with van der Waals surface area (Å²) in [5, 5.41) is 0. The minimum Gasteiger partial charge on any atom is -0.375 e. The van der Waals surface area contributed by atoms with Crippen molar-refractivity contribution in [2.24, 2.45) is 5.41 Å².